The minimum absolute atomic E-state index is 0.111. The summed E-state index contributed by atoms with van der Waals surface area (Å²) in [4.78, 5) is 43.4. The van der Waals surface area contributed by atoms with Crippen molar-refractivity contribution in [2.45, 2.75) is 61.5 Å². The number of alkyl halides is 1. The maximum absolute atomic E-state index is 13.0. The van der Waals surface area contributed by atoms with Gasteiger partial charge in [-0.1, -0.05) is 35.1 Å². The second-order valence-corrected chi connectivity index (χ2v) is 10.5. The van der Waals surface area contributed by atoms with E-state index in [2.05, 4.69) is 38.2 Å². The fourth-order valence-electron chi connectivity index (χ4n) is 5.30. The van der Waals surface area contributed by atoms with Gasteiger partial charge in [0, 0.05) is 63.4 Å². The van der Waals surface area contributed by atoms with Crippen molar-refractivity contribution in [2.24, 2.45) is 0 Å². The zero-order valence-corrected chi connectivity index (χ0v) is 22.3. The predicted molar refractivity (Wildman–Crippen MR) is 150 cm³/mol. The Morgan fingerprint density at radius 3 is 2.33 bits per heavy atom. The highest BCUT2D eigenvalue weighted by Gasteiger charge is 2.30. The summed E-state index contributed by atoms with van der Waals surface area (Å²) >= 11 is 2.33. The van der Waals surface area contributed by atoms with Crippen molar-refractivity contribution in [3.8, 4) is 0 Å². The lowest BCUT2D eigenvalue weighted by Gasteiger charge is -2.23. The minimum Gasteiger partial charge on any atom is -0.361 e. The fraction of sp³-hybridized carbons (Fsp3) is 0.393. The first-order valence-corrected chi connectivity index (χ1v) is 14.2. The number of halogens is 1. The summed E-state index contributed by atoms with van der Waals surface area (Å²) in [5.41, 5.74) is 4.19. The van der Waals surface area contributed by atoms with Crippen LogP contribution in [0.1, 0.15) is 71.2 Å². The predicted octanol–water partition coefficient (Wildman–Crippen LogP) is 5.09. The fourth-order valence-corrected chi connectivity index (χ4v) is 5.93. The van der Waals surface area contributed by atoms with Gasteiger partial charge in [0.05, 0.1) is 0 Å². The summed E-state index contributed by atoms with van der Waals surface area (Å²) in [5.74, 6) is -0.135. The number of anilines is 1. The Kier molecular flexibility index (Phi) is 7.59. The molecular weight excluding hydrogens is 567 g/mol. The SMILES string of the molecule is O=C(N[C@H]1CCC[C@H]1NC(=O)c1ccc2c(CI)c[nH]c2c1)c1ccc(N2CCCCCC2=O)cc1. The third kappa shape index (κ3) is 5.28. The maximum Gasteiger partial charge on any atom is 0.251 e. The van der Waals surface area contributed by atoms with Crippen LogP contribution in [0, 0.1) is 0 Å². The van der Waals surface area contributed by atoms with E-state index >= 15 is 0 Å². The van der Waals surface area contributed by atoms with Crippen LogP contribution in [-0.2, 0) is 9.22 Å². The topological polar surface area (TPSA) is 94.3 Å². The average molecular weight is 598 g/mol. The van der Waals surface area contributed by atoms with Crippen molar-refractivity contribution in [2.75, 3.05) is 11.4 Å². The van der Waals surface area contributed by atoms with Crippen LogP contribution in [0.15, 0.2) is 48.7 Å². The van der Waals surface area contributed by atoms with E-state index in [1.807, 2.05) is 41.4 Å². The Morgan fingerprint density at radius 1 is 0.917 bits per heavy atom. The molecule has 0 bridgehead atoms. The molecular formula is C28H31IN4O3. The van der Waals surface area contributed by atoms with Crippen molar-refractivity contribution in [3.63, 3.8) is 0 Å². The van der Waals surface area contributed by atoms with Gasteiger partial charge in [-0.3, -0.25) is 14.4 Å². The lowest BCUT2D eigenvalue weighted by atomic mass is 10.1. The highest BCUT2D eigenvalue weighted by atomic mass is 127. The number of carbonyl (C=O) groups is 3. The largest absolute Gasteiger partial charge is 0.361 e. The molecule has 8 heteroatoms. The standard InChI is InChI=1S/C28H31IN4O3/c29-16-20-17-30-25-15-19(10-13-22(20)25)28(36)32-24-6-4-5-23(24)31-27(35)18-8-11-21(12-9-18)33-14-3-1-2-7-26(33)34/h8-13,15,17,23-24,30H,1-7,14,16H2,(H,31,35)(H,32,36)/t23-,24+/m0/s1. The molecule has 0 radical (unpaired) electrons. The van der Waals surface area contributed by atoms with Crippen LogP contribution >= 0.6 is 22.6 Å². The number of hydrogen-bond donors (Lipinski definition) is 3. The van der Waals surface area contributed by atoms with Crippen molar-refractivity contribution < 1.29 is 14.4 Å². The molecule has 2 heterocycles. The molecule has 5 rings (SSSR count). The summed E-state index contributed by atoms with van der Waals surface area (Å²) < 4.78 is 0.909. The Labute approximate surface area is 224 Å². The second-order valence-electron chi connectivity index (χ2n) is 9.70. The molecule has 1 saturated carbocycles. The molecule has 2 atom stereocenters. The minimum atomic E-state index is -0.158. The number of rotatable bonds is 6. The molecule has 0 unspecified atom stereocenters. The molecule has 188 valence electrons. The van der Waals surface area contributed by atoms with E-state index in [0.29, 0.717) is 17.5 Å². The molecule has 1 aromatic heterocycles. The van der Waals surface area contributed by atoms with Crippen LogP contribution < -0.4 is 15.5 Å². The van der Waals surface area contributed by atoms with E-state index in [4.69, 9.17) is 0 Å². The Hall–Kier alpha value is -2.88. The van der Waals surface area contributed by atoms with E-state index in [9.17, 15) is 14.4 Å². The van der Waals surface area contributed by atoms with Crippen LogP contribution in [0.4, 0.5) is 5.69 Å². The molecule has 3 aromatic rings. The van der Waals surface area contributed by atoms with Crippen molar-refractivity contribution >= 4 is 56.9 Å². The van der Waals surface area contributed by atoms with Crippen molar-refractivity contribution in [3.05, 3.63) is 65.4 Å². The monoisotopic (exact) mass is 598 g/mol. The molecule has 2 fully saturated rings. The second kappa shape index (κ2) is 11.0. The Morgan fingerprint density at radius 2 is 1.61 bits per heavy atom. The van der Waals surface area contributed by atoms with Gasteiger partial charge in [-0.25, -0.2) is 0 Å². The van der Waals surface area contributed by atoms with Crippen LogP contribution in [0.3, 0.4) is 0 Å². The zero-order valence-electron chi connectivity index (χ0n) is 20.2. The molecule has 3 amide bonds. The van der Waals surface area contributed by atoms with E-state index in [-0.39, 0.29) is 29.8 Å². The van der Waals surface area contributed by atoms with Gasteiger partial charge < -0.3 is 20.5 Å². The Balaban J connectivity index is 1.21. The molecule has 1 aliphatic carbocycles. The third-order valence-corrected chi connectivity index (χ3v) is 8.16. The van der Waals surface area contributed by atoms with Gasteiger partial charge in [0.1, 0.15) is 0 Å². The molecule has 2 aromatic carbocycles. The van der Waals surface area contributed by atoms with Gasteiger partial charge in [0.15, 0.2) is 0 Å². The molecule has 1 aliphatic heterocycles. The molecule has 36 heavy (non-hydrogen) atoms. The van der Waals surface area contributed by atoms with Crippen LogP contribution in [0.25, 0.3) is 10.9 Å². The van der Waals surface area contributed by atoms with E-state index in [1.54, 1.807) is 12.1 Å². The van der Waals surface area contributed by atoms with Crippen molar-refractivity contribution in [1.82, 2.24) is 15.6 Å². The highest BCUT2D eigenvalue weighted by Crippen LogP contribution is 2.24. The number of carbonyl (C=O) groups excluding carboxylic acids is 3. The van der Waals surface area contributed by atoms with Gasteiger partial charge in [-0.05, 0) is 74.1 Å². The van der Waals surface area contributed by atoms with Crippen LogP contribution in [0.2, 0.25) is 0 Å². The lowest BCUT2D eigenvalue weighted by Crippen LogP contribution is -2.48. The number of aromatic amines is 1. The molecule has 3 N–H and O–H groups in total. The number of nitrogens with zero attached hydrogens (tertiary/aromatic N) is 1. The summed E-state index contributed by atoms with van der Waals surface area (Å²) in [6, 6.07) is 12.8. The third-order valence-electron chi connectivity index (χ3n) is 7.34. The first-order valence-electron chi connectivity index (χ1n) is 12.7. The Bertz CT molecular complexity index is 1270. The highest BCUT2D eigenvalue weighted by molar-refractivity contribution is 14.1. The zero-order chi connectivity index (χ0) is 25.1. The number of amides is 3. The van der Waals surface area contributed by atoms with Crippen LogP contribution in [0.5, 0.6) is 0 Å². The molecule has 7 nitrogen and oxygen atoms in total. The van der Waals surface area contributed by atoms with E-state index in [1.165, 1.54) is 5.56 Å². The normalized spacial score (nSPS) is 20.4. The number of H-pyrrole nitrogens is 1. The van der Waals surface area contributed by atoms with E-state index < -0.39 is 0 Å². The van der Waals surface area contributed by atoms with Crippen LogP contribution in [-0.4, -0.2) is 41.3 Å². The average Bonchev–Trinajstić information content (AvgIpc) is 3.45. The number of hydrogen-bond acceptors (Lipinski definition) is 3. The smallest absolute Gasteiger partial charge is 0.251 e. The summed E-state index contributed by atoms with van der Waals surface area (Å²) in [6.45, 7) is 0.726. The first-order chi connectivity index (χ1) is 17.5. The van der Waals surface area contributed by atoms with Crippen molar-refractivity contribution in [1.29, 1.82) is 0 Å². The number of benzene rings is 2. The number of fused-ring (bicyclic) bond motifs is 1. The lowest BCUT2D eigenvalue weighted by molar-refractivity contribution is -0.118. The van der Waals surface area contributed by atoms with Gasteiger partial charge in [-0.2, -0.15) is 0 Å². The van der Waals surface area contributed by atoms with Gasteiger partial charge >= 0.3 is 0 Å². The van der Waals surface area contributed by atoms with Gasteiger partial charge in [0.25, 0.3) is 11.8 Å². The van der Waals surface area contributed by atoms with E-state index in [0.717, 1.165) is 66.1 Å². The molecule has 1 saturated heterocycles. The maximum atomic E-state index is 13.0. The molecule has 0 spiro atoms. The number of nitrogens with one attached hydrogen (secondary N) is 3. The number of aromatic nitrogens is 1. The summed E-state index contributed by atoms with van der Waals surface area (Å²) in [7, 11) is 0. The van der Waals surface area contributed by atoms with Gasteiger partial charge in [-0.15, -0.1) is 0 Å². The first kappa shape index (κ1) is 24.8. The summed E-state index contributed by atoms with van der Waals surface area (Å²) in [5, 5.41) is 7.39. The summed E-state index contributed by atoms with van der Waals surface area (Å²) in [6.07, 6.45) is 8.18. The van der Waals surface area contributed by atoms with Gasteiger partial charge in [0.2, 0.25) is 5.91 Å². The quantitative estimate of drug-likeness (QED) is 0.273. The molecule has 2 aliphatic rings.